The van der Waals surface area contributed by atoms with Crippen LogP contribution >= 0.6 is 11.8 Å². The van der Waals surface area contributed by atoms with Crippen LogP contribution in [0.1, 0.15) is 46.5 Å². The summed E-state index contributed by atoms with van der Waals surface area (Å²) in [5.74, 6) is -2.04. The molecule has 3 amide bonds. The van der Waals surface area contributed by atoms with Crippen molar-refractivity contribution in [1.82, 2.24) is 15.5 Å². The molecular formula is C20H36N4O6S. The van der Waals surface area contributed by atoms with E-state index in [1.807, 2.05) is 20.1 Å². The van der Waals surface area contributed by atoms with E-state index in [2.05, 4.69) is 10.6 Å². The van der Waals surface area contributed by atoms with E-state index in [1.165, 1.54) is 11.8 Å². The lowest BCUT2D eigenvalue weighted by atomic mass is 10.0. The number of nitrogens with one attached hydrogen (secondary N) is 2. The zero-order chi connectivity index (χ0) is 23.7. The highest BCUT2D eigenvalue weighted by Crippen LogP contribution is 2.20. The third-order valence-corrected chi connectivity index (χ3v) is 5.82. The van der Waals surface area contributed by atoms with E-state index in [-0.39, 0.29) is 18.2 Å². The van der Waals surface area contributed by atoms with E-state index in [0.29, 0.717) is 25.8 Å². The number of aliphatic hydroxyl groups is 1. The van der Waals surface area contributed by atoms with Crippen LogP contribution in [-0.4, -0.2) is 87.6 Å². The van der Waals surface area contributed by atoms with Gasteiger partial charge in [-0.15, -0.1) is 0 Å². The quantitative estimate of drug-likeness (QED) is 0.261. The van der Waals surface area contributed by atoms with Crippen molar-refractivity contribution in [3.8, 4) is 0 Å². The highest BCUT2D eigenvalue weighted by atomic mass is 32.2. The van der Waals surface area contributed by atoms with E-state index < -0.39 is 48.1 Å². The monoisotopic (exact) mass is 460 g/mol. The van der Waals surface area contributed by atoms with E-state index >= 15 is 0 Å². The molecule has 5 unspecified atom stereocenters. The van der Waals surface area contributed by atoms with Crippen molar-refractivity contribution in [2.45, 2.75) is 76.7 Å². The Labute approximate surface area is 187 Å². The molecule has 0 aromatic rings. The zero-order valence-corrected chi connectivity index (χ0v) is 19.5. The lowest BCUT2D eigenvalue weighted by molar-refractivity contribution is -0.145. The molecule has 0 aliphatic carbocycles. The minimum atomic E-state index is -1.49. The Morgan fingerprint density at radius 1 is 1.19 bits per heavy atom. The van der Waals surface area contributed by atoms with E-state index in [9.17, 15) is 29.4 Å². The van der Waals surface area contributed by atoms with Gasteiger partial charge in [0.1, 0.15) is 12.1 Å². The van der Waals surface area contributed by atoms with E-state index in [0.717, 1.165) is 5.75 Å². The van der Waals surface area contributed by atoms with Gasteiger partial charge < -0.3 is 31.5 Å². The van der Waals surface area contributed by atoms with Gasteiger partial charge in [-0.1, -0.05) is 13.8 Å². The first-order valence-corrected chi connectivity index (χ1v) is 12.0. The lowest BCUT2D eigenvalue weighted by Crippen LogP contribution is -2.58. The Balaban J connectivity index is 2.89. The van der Waals surface area contributed by atoms with Crippen molar-refractivity contribution in [3.05, 3.63) is 0 Å². The van der Waals surface area contributed by atoms with Crippen LogP contribution in [0.15, 0.2) is 0 Å². The summed E-state index contributed by atoms with van der Waals surface area (Å²) in [5.41, 5.74) is 5.99. The molecule has 1 aliphatic heterocycles. The number of hydrogen-bond acceptors (Lipinski definition) is 7. The minimum absolute atomic E-state index is 0.0344. The van der Waals surface area contributed by atoms with Gasteiger partial charge in [-0.2, -0.15) is 11.8 Å². The number of carbonyl (C=O) groups is 4. The molecule has 1 saturated heterocycles. The molecule has 1 rings (SSSR count). The fraction of sp³-hybridized carbons (Fsp3) is 0.800. The van der Waals surface area contributed by atoms with Crippen LogP contribution in [-0.2, 0) is 19.2 Å². The van der Waals surface area contributed by atoms with Gasteiger partial charge in [0.25, 0.3) is 0 Å². The first-order chi connectivity index (χ1) is 14.5. The van der Waals surface area contributed by atoms with Gasteiger partial charge in [-0.25, -0.2) is 4.79 Å². The highest BCUT2D eigenvalue weighted by molar-refractivity contribution is 7.98. The summed E-state index contributed by atoms with van der Waals surface area (Å²) in [4.78, 5) is 51.1. The second-order valence-corrected chi connectivity index (χ2v) is 9.32. The summed E-state index contributed by atoms with van der Waals surface area (Å²) in [6.07, 6.45) is 2.53. The molecule has 1 aliphatic rings. The van der Waals surface area contributed by atoms with Crippen molar-refractivity contribution in [1.29, 1.82) is 0 Å². The second kappa shape index (κ2) is 12.9. The molecule has 178 valence electrons. The Kier molecular flexibility index (Phi) is 11.3. The standard InChI is InChI=1S/C20H36N4O6S/c1-11(2)10-14(17(26)23-16(12(3)25)20(29)30)22-18(27)15-6-5-8-24(15)19(28)13(21)7-9-31-4/h11-16,25H,5-10,21H2,1-4H3,(H,22,27)(H,23,26)(H,29,30). The summed E-state index contributed by atoms with van der Waals surface area (Å²) in [6, 6.07) is -3.88. The Hall–Kier alpha value is -1.85. The zero-order valence-electron chi connectivity index (χ0n) is 18.7. The molecule has 0 aromatic heterocycles. The Morgan fingerprint density at radius 3 is 2.35 bits per heavy atom. The van der Waals surface area contributed by atoms with Crippen molar-refractivity contribution in [3.63, 3.8) is 0 Å². The van der Waals surface area contributed by atoms with E-state index in [4.69, 9.17) is 5.73 Å². The van der Waals surface area contributed by atoms with Crippen LogP contribution in [0, 0.1) is 5.92 Å². The molecule has 1 fully saturated rings. The highest BCUT2D eigenvalue weighted by Gasteiger charge is 2.38. The number of nitrogens with two attached hydrogens (primary N) is 1. The van der Waals surface area contributed by atoms with Crippen molar-refractivity contribution in [2.75, 3.05) is 18.6 Å². The Morgan fingerprint density at radius 2 is 1.84 bits per heavy atom. The van der Waals surface area contributed by atoms with Crippen LogP contribution in [0.25, 0.3) is 0 Å². The van der Waals surface area contributed by atoms with Gasteiger partial charge in [0.2, 0.25) is 17.7 Å². The van der Waals surface area contributed by atoms with E-state index in [1.54, 1.807) is 11.8 Å². The molecular weight excluding hydrogens is 424 g/mol. The molecule has 0 spiro atoms. The number of rotatable bonds is 12. The molecule has 10 nitrogen and oxygen atoms in total. The van der Waals surface area contributed by atoms with Crippen LogP contribution in [0.2, 0.25) is 0 Å². The van der Waals surface area contributed by atoms with Gasteiger partial charge in [0.15, 0.2) is 6.04 Å². The normalized spacial score (nSPS) is 20.1. The molecule has 0 aromatic carbocycles. The third kappa shape index (κ3) is 8.30. The predicted molar refractivity (Wildman–Crippen MR) is 118 cm³/mol. The first kappa shape index (κ1) is 27.2. The number of carboxylic acid groups (broad SMARTS) is 1. The predicted octanol–water partition coefficient (Wildman–Crippen LogP) is -0.461. The summed E-state index contributed by atoms with van der Waals surface area (Å²) in [7, 11) is 0. The van der Waals surface area contributed by atoms with Crippen LogP contribution in [0.3, 0.4) is 0 Å². The van der Waals surface area contributed by atoms with Crippen molar-refractivity contribution in [2.24, 2.45) is 11.7 Å². The van der Waals surface area contributed by atoms with Gasteiger partial charge in [-0.05, 0) is 50.5 Å². The number of amides is 3. The molecule has 0 radical (unpaired) electrons. The summed E-state index contributed by atoms with van der Waals surface area (Å²) < 4.78 is 0. The molecule has 0 saturated carbocycles. The first-order valence-electron chi connectivity index (χ1n) is 10.6. The summed E-state index contributed by atoms with van der Waals surface area (Å²) in [6.45, 7) is 5.42. The van der Waals surface area contributed by atoms with Gasteiger partial charge >= 0.3 is 5.97 Å². The topological polar surface area (TPSA) is 162 Å². The summed E-state index contributed by atoms with van der Waals surface area (Å²) in [5, 5.41) is 23.8. The number of likely N-dealkylation sites (tertiary alicyclic amines) is 1. The third-order valence-electron chi connectivity index (χ3n) is 5.18. The summed E-state index contributed by atoms with van der Waals surface area (Å²) >= 11 is 1.59. The van der Waals surface area contributed by atoms with Gasteiger partial charge in [-0.3, -0.25) is 14.4 Å². The van der Waals surface area contributed by atoms with Gasteiger partial charge in [0, 0.05) is 6.54 Å². The van der Waals surface area contributed by atoms with Crippen LogP contribution in [0.5, 0.6) is 0 Å². The van der Waals surface area contributed by atoms with Crippen LogP contribution in [0.4, 0.5) is 0 Å². The maximum absolute atomic E-state index is 13.0. The van der Waals surface area contributed by atoms with Gasteiger partial charge in [0.05, 0.1) is 12.1 Å². The molecule has 31 heavy (non-hydrogen) atoms. The lowest BCUT2D eigenvalue weighted by Gasteiger charge is -2.29. The molecule has 1 heterocycles. The molecule has 5 atom stereocenters. The van der Waals surface area contributed by atoms with Crippen LogP contribution < -0.4 is 16.4 Å². The molecule has 0 bridgehead atoms. The fourth-order valence-corrected chi connectivity index (χ4v) is 3.99. The number of hydrogen-bond donors (Lipinski definition) is 5. The number of nitrogens with zero attached hydrogens (tertiary/aromatic N) is 1. The van der Waals surface area contributed by atoms with Crippen molar-refractivity contribution >= 4 is 35.5 Å². The number of aliphatic hydroxyl groups excluding tert-OH is 1. The Bertz CT molecular complexity index is 645. The molecule has 6 N–H and O–H groups in total. The average Bonchev–Trinajstić information content (AvgIpc) is 3.17. The number of aliphatic carboxylic acids is 1. The maximum atomic E-state index is 13.0. The fourth-order valence-electron chi connectivity index (χ4n) is 3.50. The largest absolute Gasteiger partial charge is 0.480 e. The second-order valence-electron chi connectivity index (χ2n) is 8.33. The number of carbonyl (C=O) groups excluding carboxylic acids is 3. The molecule has 11 heteroatoms. The average molecular weight is 461 g/mol. The SMILES string of the molecule is CSCCC(N)C(=O)N1CCCC1C(=O)NC(CC(C)C)C(=O)NC(C(=O)O)C(C)O. The number of carboxylic acids is 1. The number of thioether (sulfide) groups is 1. The maximum Gasteiger partial charge on any atom is 0.328 e. The minimum Gasteiger partial charge on any atom is -0.480 e. The van der Waals surface area contributed by atoms with Crippen molar-refractivity contribution < 1.29 is 29.4 Å². The smallest absolute Gasteiger partial charge is 0.328 e.